The number of hydrogen-bond acceptors (Lipinski definition) is 4. The predicted octanol–water partition coefficient (Wildman–Crippen LogP) is 3.94. The number of halogens is 2. The Morgan fingerprint density at radius 2 is 1.90 bits per heavy atom. The van der Waals surface area contributed by atoms with E-state index < -0.39 is 5.97 Å². The molecule has 0 saturated heterocycles. The van der Waals surface area contributed by atoms with Crippen molar-refractivity contribution in [1.29, 1.82) is 0 Å². The van der Waals surface area contributed by atoms with Gasteiger partial charge in [-0.25, -0.2) is 9.78 Å². The molecule has 0 aliphatic carbocycles. The molecule has 0 bridgehead atoms. The van der Waals surface area contributed by atoms with Crippen molar-refractivity contribution < 1.29 is 14.7 Å². The molecule has 0 aliphatic rings. The zero-order valence-corrected chi connectivity index (χ0v) is 12.6. The summed E-state index contributed by atoms with van der Waals surface area (Å²) in [5.74, 6) is -1.54. The largest absolute Gasteiger partial charge is 0.476 e. The van der Waals surface area contributed by atoms with Gasteiger partial charge in [0.1, 0.15) is 4.88 Å². The summed E-state index contributed by atoms with van der Waals surface area (Å²) in [5, 5.41) is 10.5. The van der Waals surface area contributed by atoms with Gasteiger partial charge in [-0.15, -0.1) is 11.3 Å². The summed E-state index contributed by atoms with van der Waals surface area (Å²) in [7, 11) is 0. The molecule has 0 radical (unpaired) electrons. The molecule has 2 aromatic rings. The summed E-state index contributed by atoms with van der Waals surface area (Å²) in [4.78, 5) is 26.6. The van der Waals surface area contributed by atoms with Crippen molar-refractivity contribution >= 4 is 46.3 Å². The van der Waals surface area contributed by atoms with Gasteiger partial charge < -0.3 is 5.11 Å². The average molecular weight is 330 g/mol. The molecule has 104 valence electrons. The monoisotopic (exact) mass is 329 g/mol. The normalized spacial score (nSPS) is 10.6. The number of thiazole rings is 1. The molecular weight excluding hydrogens is 321 g/mol. The second kappa shape index (κ2) is 5.91. The molecule has 1 aromatic carbocycles. The first-order valence-corrected chi connectivity index (χ1v) is 7.14. The van der Waals surface area contributed by atoms with Gasteiger partial charge in [-0.2, -0.15) is 0 Å². The fraction of sp³-hybridized carbons (Fsp3) is 0.154. The number of carboxylic acid groups (broad SMARTS) is 1. The third kappa shape index (κ3) is 3.00. The lowest BCUT2D eigenvalue weighted by Crippen LogP contribution is -2.03. The maximum Gasteiger partial charge on any atom is 0.356 e. The van der Waals surface area contributed by atoms with Gasteiger partial charge in [0.2, 0.25) is 0 Å². The van der Waals surface area contributed by atoms with Gasteiger partial charge in [-0.3, -0.25) is 4.79 Å². The molecule has 0 aliphatic heterocycles. The Bertz CT molecular complexity index is 645. The Labute approximate surface area is 129 Å². The van der Waals surface area contributed by atoms with Crippen LogP contribution in [0.25, 0.3) is 0 Å². The summed E-state index contributed by atoms with van der Waals surface area (Å²) in [6.07, 6.45) is 0.288. The number of ketones is 1. The van der Waals surface area contributed by atoms with Crippen LogP contribution in [-0.4, -0.2) is 21.8 Å². The molecule has 0 amide bonds. The Balaban J connectivity index is 2.42. The molecular formula is C13H9Cl2NO3S. The van der Waals surface area contributed by atoms with Crippen LogP contribution in [0.5, 0.6) is 0 Å². The Morgan fingerprint density at radius 1 is 1.30 bits per heavy atom. The van der Waals surface area contributed by atoms with E-state index in [1.807, 2.05) is 0 Å². The molecule has 0 spiro atoms. The summed E-state index contributed by atoms with van der Waals surface area (Å²) >= 11 is 13.2. The molecule has 0 atom stereocenters. The van der Waals surface area contributed by atoms with E-state index in [-0.39, 0.29) is 22.8 Å². The zero-order chi connectivity index (χ0) is 14.9. The first-order chi connectivity index (χ1) is 9.40. The van der Waals surface area contributed by atoms with E-state index in [0.717, 1.165) is 11.3 Å². The molecule has 4 nitrogen and oxygen atoms in total. The van der Waals surface area contributed by atoms with Crippen LogP contribution >= 0.6 is 34.5 Å². The van der Waals surface area contributed by atoms with Crippen LogP contribution in [0.2, 0.25) is 10.0 Å². The van der Waals surface area contributed by atoms with E-state index in [2.05, 4.69) is 4.98 Å². The number of carbonyl (C=O) groups excluding carboxylic acids is 1. The predicted molar refractivity (Wildman–Crippen MR) is 78.3 cm³/mol. The highest BCUT2D eigenvalue weighted by Crippen LogP contribution is 2.29. The first-order valence-electron chi connectivity index (χ1n) is 5.57. The van der Waals surface area contributed by atoms with Crippen LogP contribution in [0.1, 0.15) is 37.7 Å². The second-order valence-corrected chi connectivity index (χ2v) is 5.92. The quantitative estimate of drug-likeness (QED) is 0.862. The molecule has 2 rings (SSSR count). The Kier molecular flexibility index (Phi) is 4.42. The SMILES string of the molecule is CC(=O)c1sc(Cc2c(Cl)cccc2Cl)nc1C(=O)O. The molecule has 0 saturated carbocycles. The van der Waals surface area contributed by atoms with Crippen molar-refractivity contribution in [2.75, 3.05) is 0 Å². The Hall–Kier alpha value is -1.43. The molecule has 7 heteroatoms. The van der Waals surface area contributed by atoms with Crippen molar-refractivity contribution in [3.05, 3.63) is 49.4 Å². The van der Waals surface area contributed by atoms with Gasteiger partial charge in [0, 0.05) is 23.4 Å². The number of hydrogen-bond donors (Lipinski definition) is 1. The molecule has 20 heavy (non-hydrogen) atoms. The molecule has 0 fully saturated rings. The van der Waals surface area contributed by atoms with Crippen molar-refractivity contribution in [2.24, 2.45) is 0 Å². The lowest BCUT2D eigenvalue weighted by Gasteiger charge is -2.03. The van der Waals surface area contributed by atoms with Gasteiger partial charge in [0.15, 0.2) is 11.5 Å². The van der Waals surface area contributed by atoms with E-state index in [9.17, 15) is 9.59 Å². The summed E-state index contributed by atoms with van der Waals surface area (Å²) in [6.45, 7) is 1.31. The number of Topliss-reactive ketones (excluding diaryl/α,β-unsaturated/α-hetero) is 1. The minimum absolute atomic E-state index is 0.135. The third-order valence-corrected chi connectivity index (χ3v) is 4.45. The number of carboxylic acids is 1. The van der Waals surface area contributed by atoms with Crippen LogP contribution in [0.15, 0.2) is 18.2 Å². The average Bonchev–Trinajstić information content (AvgIpc) is 2.78. The minimum atomic E-state index is -1.22. The molecule has 1 N–H and O–H groups in total. The van der Waals surface area contributed by atoms with Crippen molar-refractivity contribution in [2.45, 2.75) is 13.3 Å². The fourth-order valence-corrected chi connectivity index (χ4v) is 3.17. The van der Waals surface area contributed by atoms with E-state index in [1.165, 1.54) is 6.92 Å². The van der Waals surface area contributed by atoms with Crippen LogP contribution in [0.3, 0.4) is 0 Å². The standard InChI is InChI=1S/C13H9Cl2NO3S/c1-6(17)12-11(13(18)19)16-10(20-12)5-7-8(14)3-2-4-9(7)15/h2-4H,5H2,1H3,(H,18,19). The number of benzene rings is 1. The van der Waals surface area contributed by atoms with Gasteiger partial charge in [-0.1, -0.05) is 29.3 Å². The lowest BCUT2D eigenvalue weighted by atomic mass is 10.1. The van der Waals surface area contributed by atoms with Crippen LogP contribution in [-0.2, 0) is 6.42 Å². The second-order valence-electron chi connectivity index (χ2n) is 4.02. The van der Waals surface area contributed by atoms with Crippen molar-refractivity contribution in [3.8, 4) is 0 Å². The van der Waals surface area contributed by atoms with E-state index in [1.54, 1.807) is 18.2 Å². The number of nitrogens with zero attached hydrogens (tertiary/aromatic N) is 1. The van der Waals surface area contributed by atoms with E-state index in [0.29, 0.717) is 20.6 Å². The highest BCUT2D eigenvalue weighted by Gasteiger charge is 2.21. The fourth-order valence-electron chi connectivity index (χ4n) is 1.68. The first kappa shape index (κ1) is 15.0. The van der Waals surface area contributed by atoms with Crippen molar-refractivity contribution in [3.63, 3.8) is 0 Å². The minimum Gasteiger partial charge on any atom is -0.476 e. The van der Waals surface area contributed by atoms with Crippen molar-refractivity contribution in [1.82, 2.24) is 4.98 Å². The summed E-state index contributed by atoms with van der Waals surface area (Å²) < 4.78 is 0. The van der Waals surface area contributed by atoms with Gasteiger partial charge in [-0.05, 0) is 17.7 Å². The maximum atomic E-state index is 11.4. The van der Waals surface area contributed by atoms with E-state index >= 15 is 0 Å². The highest BCUT2D eigenvalue weighted by atomic mass is 35.5. The van der Waals surface area contributed by atoms with Gasteiger partial charge in [0.05, 0.1) is 5.01 Å². The maximum absolute atomic E-state index is 11.4. The Morgan fingerprint density at radius 3 is 2.35 bits per heavy atom. The molecule has 0 unspecified atom stereocenters. The number of aromatic nitrogens is 1. The van der Waals surface area contributed by atoms with Crippen LogP contribution in [0, 0.1) is 0 Å². The number of rotatable bonds is 4. The van der Waals surface area contributed by atoms with Crippen LogP contribution < -0.4 is 0 Å². The topological polar surface area (TPSA) is 67.3 Å². The van der Waals surface area contributed by atoms with Gasteiger partial charge in [0.25, 0.3) is 0 Å². The summed E-state index contributed by atoms with van der Waals surface area (Å²) in [5.41, 5.74) is 0.442. The summed E-state index contributed by atoms with van der Waals surface area (Å²) in [6, 6.07) is 5.11. The van der Waals surface area contributed by atoms with E-state index in [4.69, 9.17) is 28.3 Å². The molecule has 1 aromatic heterocycles. The van der Waals surface area contributed by atoms with Gasteiger partial charge >= 0.3 is 5.97 Å². The smallest absolute Gasteiger partial charge is 0.356 e. The highest BCUT2D eigenvalue weighted by molar-refractivity contribution is 7.14. The zero-order valence-electron chi connectivity index (χ0n) is 10.3. The third-order valence-electron chi connectivity index (χ3n) is 2.58. The molecule has 1 heterocycles. The van der Waals surface area contributed by atoms with Crippen LogP contribution in [0.4, 0.5) is 0 Å². The number of aromatic carboxylic acids is 1. The lowest BCUT2D eigenvalue weighted by molar-refractivity contribution is 0.0687. The number of carbonyl (C=O) groups is 2.